The van der Waals surface area contributed by atoms with Crippen molar-refractivity contribution in [2.45, 2.75) is 46.1 Å². The molecule has 0 aliphatic heterocycles. The van der Waals surface area contributed by atoms with Gasteiger partial charge in [-0.05, 0) is 43.5 Å². The summed E-state index contributed by atoms with van der Waals surface area (Å²) in [5.41, 5.74) is 1.59. The molecule has 22 heavy (non-hydrogen) atoms. The molecule has 2 rings (SSSR count). The van der Waals surface area contributed by atoms with Crippen molar-refractivity contribution in [3.05, 3.63) is 42.0 Å². The van der Waals surface area contributed by atoms with E-state index in [4.69, 9.17) is 0 Å². The number of anilines is 1. The lowest BCUT2D eigenvalue weighted by molar-refractivity contribution is 0.0956. The molecule has 0 saturated carbocycles. The van der Waals surface area contributed by atoms with Crippen LogP contribution < -0.4 is 10.6 Å². The van der Waals surface area contributed by atoms with Crippen LogP contribution in [0, 0.1) is 0 Å². The number of hydrogen-bond acceptors (Lipinski definition) is 2. The van der Waals surface area contributed by atoms with E-state index in [0.29, 0.717) is 6.54 Å². The molecule has 0 bridgehead atoms. The monoisotopic (exact) mass is 298 g/mol. The van der Waals surface area contributed by atoms with Crippen LogP contribution >= 0.6 is 0 Å². The van der Waals surface area contributed by atoms with Crippen molar-refractivity contribution in [3.8, 4) is 0 Å². The van der Waals surface area contributed by atoms with E-state index in [-0.39, 0.29) is 11.4 Å². The highest BCUT2D eigenvalue weighted by atomic mass is 16.1. The minimum absolute atomic E-state index is 0.00643. The molecule has 3 nitrogen and oxygen atoms in total. The lowest BCUT2D eigenvalue weighted by atomic mass is 9.97. The third-order valence-corrected chi connectivity index (χ3v) is 4.05. The maximum absolute atomic E-state index is 12.7. The maximum Gasteiger partial charge on any atom is 0.254 e. The van der Waals surface area contributed by atoms with Crippen LogP contribution in [0.3, 0.4) is 0 Å². The largest absolute Gasteiger partial charge is 0.380 e. The lowest BCUT2D eigenvalue weighted by Gasteiger charge is -2.27. The van der Waals surface area contributed by atoms with Gasteiger partial charge in [-0.25, -0.2) is 0 Å². The molecule has 3 heteroatoms. The third-order valence-electron chi connectivity index (χ3n) is 4.05. The second kappa shape index (κ2) is 6.82. The highest BCUT2D eigenvalue weighted by molar-refractivity contribution is 6.11. The van der Waals surface area contributed by atoms with Gasteiger partial charge < -0.3 is 10.6 Å². The Morgan fingerprint density at radius 1 is 1.09 bits per heavy atom. The predicted molar refractivity (Wildman–Crippen MR) is 94.6 cm³/mol. The third kappa shape index (κ3) is 3.59. The molecule has 0 unspecified atom stereocenters. The van der Waals surface area contributed by atoms with Crippen LogP contribution in [0.5, 0.6) is 0 Å². The minimum atomic E-state index is -0.0533. The normalized spacial score (nSPS) is 11.5. The van der Waals surface area contributed by atoms with Crippen LogP contribution in [-0.2, 0) is 0 Å². The predicted octanol–water partition coefficient (Wildman–Crippen LogP) is 4.58. The van der Waals surface area contributed by atoms with Crippen molar-refractivity contribution in [2.75, 3.05) is 11.9 Å². The smallest absolute Gasteiger partial charge is 0.254 e. The fraction of sp³-hybridized carbons (Fsp3) is 0.421. The Hall–Kier alpha value is -2.03. The summed E-state index contributed by atoms with van der Waals surface area (Å²) in [5, 5.41) is 8.61. The first-order valence-electron chi connectivity index (χ1n) is 8.06. The van der Waals surface area contributed by atoms with Gasteiger partial charge in [0.05, 0.1) is 5.56 Å². The number of carbonyl (C=O) groups is 1. The molecule has 0 saturated heterocycles. The standard InChI is InChI=1S/C19H26N2O/c1-5-13-20-18(22)17-15-10-8-7-9-14(15)11-12-16(17)21-19(3,4)6-2/h7-12,21H,5-6,13H2,1-4H3,(H,20,22). The Bertz CT molecular complexity index is 662. The molecule has 0 heterocycles. The number of carbonyl (C=O) groups excluding carboxylic acids is 1. The van der Waals surface area contributed by atoms with Crippen LogP contribution in [0.25, 0.3) is 10.8 Å². The highest BCUT2D eigenvalue weighted by Crippen LogP contribution is 2.29. The van der Waals surface area contributed by atoms with Gasteiger partial charge in [0.25, 0.3) is 5.91 Å². The van der Waals surface area contributed by atoms with Gasteiger partial charge in [0.15, 0.2) is 0 Å². The average molecular weight is 298 g/mol. The van der Waals surface area contributed by atoms with E-state index in [2.05, 4.69) is 44.4 Å². The summed E-state index contributed by atoms with van der Waals surface area (Å²) in [6.45, 7) is 9.19. The van der Waals surface area contributed by atoms with Crippen LogP contribution in [0.1, 0.15) is 50.9 Å². The summed E-state index contributed by atoms with van der Waals surface area (Å²) < 4.78 is 0. The molecule has 0 aliphatic carbocycles. The molecule has 1 amide bonds. The van der Waals surface area contributed by atoms with E-state index in [1.165, 1.54) is 0 Å². The Balaban J connectivity index is 2.53. The van der Waals surface area contributed by atoms with Gasteiger partial charge in [0.1, 0.15) is 0 Å². The van der Waals surface area contributed by atoms with E-state index >= 15 is 0 Å². The van der Waals surface area contributed by atoms with E-state index < -0.39 is 0 Å². The number of fused-ring (bicyclic) bond motifs is 1. The molecule has 0 aromatic heterocycles. The van der Waals surface area contributed by atoms with Crippen molar-refractivity contribution in [2.24, 2.45) is 0 Å². The summed E-state index contributed by atoms with van der Waals surface area (Å²) in [7, 11) is 0. The van der Waals surface area contributed by atoms with E-state index in [9.17, 15) is 4.79 Å². The van der Waals surface area contributed by atoms with Crippen LogP contribution in [0.4, 0.5) is 5.69 Å². The Labute approximate surface area is 133 Å². The number of amides is 1. The van der Waals surface area contributed by atoms with Gasteiger partial charge in [-0.1, -0.05) is 44.2 Å². The molecule has 0 aliphatic rings. The molecule has 0 radical (unpaired) electrons. The van der Waals surface area contributed by atoms with Gasteiger partial charge >= 0.3 is 0 Å². The molecule has 0 fully saturated rings. The first kappa shape index (κ1) is 16.3. The molecular formula is C19H26N2O. The van der Waals surface area contributed by atoms with Gasteiger partial charge in [-0.15, -0.1) is 0 Å². The fourth-order valence-corrected chi connectivity index (χ4v) is 2.40. The van der Waals surface area contributed by atoms with Crippen molar-refractivity contribution in [1.29, 1.82) is 0 Å². The first-order chi connectivity index (χ1) is 10.5. The topological polar surface area (TPSA) is 41.1 Å². The zero-order chi connectivity index (χ0) is 16.2. The van der Waals surface area contributed by atoms with Crippen LogP contribution in [0.15, 0.2) is 36.4 Å². The summed E-state index contributed by atoms with van der Waals surface area (Å²) in [6, 6.07) is 12.1. The van der Waals surface area contributed by atoms with E-state index in [0.717, 1.165) is 34.9 Å². The molecule has 2 aromatic rings. The molecule has 0 atom stereocenters. The van der Waals surface area contributed by atoms with Crippen LogP contribution in [0.2, 0.25) is 0 Å². The second-order valence-corrected chi connectivity index (χ2v) is 6.33. The van der Waals surface area contributed by atoms with Crippen molar-refractivity contribution in [1.82, 2.24) is 5.32 Å². The van der Waals surface area contributed by atoms with Gasteiger partial charge in [-0.3, -0.25) is 4.79 Å². The average Bonchev–Trinajstić information content (AvgIpc) is 2.52. The number of nitrogens with one attached hydrogen (secondary N) is 2. The molecule has 2 aromatic carbocycles. The Morgan fingerprint density at radius 3 is 2.50 bits per heavy atom. The van der Waals surface area contributed by atoms with Crippen LogP contribution in [-0.4, -0.2) is 18.0 Å². The quantitative estimate of drug-likeness (QED) is 0.819. The van der Waals surface area contributed by atoms with Crippen molar-refractivity contribution in [3.63, 3.8) is 0 Å². The van der Waals surface area contributed by atoms with E-state index in [1.54, 1.807) is 0 Å². The zero-order valence-electron chi connectivity index (χ0n) is 14.0. The highest BCUT2D eigenvalue weighted by Gasteiger charge is 2.20. The Kier molecular flexibility index (Phi) is 5.07. The summed E-state index contributed by atoms with van der Waals surface area (Å²) >= 11 is 0. The summed E-state index contributed by atoms with van der Waals surface area (Å²) in [4.78, 5) is 12.7. The minimum Gasteiger partial charge on any atom is -0.380 e. The maximum atomic E-state index is 12.7. The molecule has 2 N–H and O–H groups in total. The SMILES string of the molecule is CCCNC(=O)c1c(NC(C)(C)CC)ccc2ccccc12. The first-order valence-corrected chi connectivity index (χ1v) is 8.06. The Morgan fingerprint density at radius 2 is 1.82 bits per heavy atom. The molecular weight excluding hydrogens is 272 g/mol. The lowest BCUT2D eigenvalue weighted by Crippen LogP contribution is -2.32. The van der Waals surface area contributed by atoms with Crippen molar-refractivity contribution >= 4 is 22.4 Å². The number of hydrogen-bond donors (Lipinski definition) is 2. The zero-order valence-corrected chi connectivity index (χ0v) is 14.0. The fourth-order valence-electron chi connectivity index (χ4n) is 2.40. The molecule has 118 valence electrons. The number of benzene rings is 2. The summed E-state index contributed by atoms with van der Waals surface area (Å²) in [5.74, 6) is -0.00643. The second-order valence-electron chi connectivity index (χ2n) is 6.33. The molecule has 0 spiro atoms. The van der Waals surface area contributed by atoms with E-state index in [1.807, 2.05) is 30.3 Å². The van der Waals surface area contributed by atoms with Crippen molar-refractivity contribution < 1.29 is 4.79 Å². The number of rotatable bonds is 6. The van der Waals surface area contributed by atoms with Gasteiger partial charge in [0.2, 0.25) is 0 Å². The van der Waals surface area contributed by atoms with Gasteiger partial charge in [-0.2, -0.15) is 0 Å². The van der Waals surface area contributed by atoms with Gasteiger partial charge in [0, 0.05) is 17.8 Å². The summed E-state index contributed by atoms with van der Waals surface area (Å²) in [6.07, 6.45) is 1.91.